The van der Waals surface area contributed by atoms with E-state index in [1.807, 2.05) is 17.0 Å². The van der Waals surface area contributed by atoms with Crippen LogP contribution in [0.15, 0.2) is 42.5 Å². The molecule has 0 spiro atoms. The zero-order valence-electron chi connectivity index (χ0n) is 19.1. The van der Waals surface area contributed by atoms with E-state index in [4.69, 9.17) is 0 Å². The number of benzene rings is 2. The maximum absolute atomic E-state index is 13.3. The molecule has 8 heteroatoms. The first-order valence-electron chi connectivity index (χ1n) is 11.9. The quantitative estimate of drug-likeness (QED) is 0.618. The Morgan fingerprint density at radius 2 is 1.74 bits per heavy atom. The zero-order chi connectivity index (χ0) is 24.0. The van der Waals surface area contributed by atoms with Crippen molar-refractivity contribution in [3.05, 3.63) is 64.7 Å². The van der Waals surface area contributed by atoms with Gasteiger partial charge in [-0.15, -0.1) is 0 Å². The van der Waals surface area contributed by atoms with Crippen LogP contribution in [-0.4, -0.2) is 54.3 Å². The SMILES string of the molecule is CC1c2cc(N3CCN(C(=O)c4ccccc4C(F)(F)F)CC3)ccc2C(=O)N1CCC1CC1. The topological polar surface area (TPSA) is 43.9 Å². The van der Waals surface area contributed by atoms with Crippen LogP contribution in [-0.2, 0) is 6.18 Å². The van der Waals surface area contributed by atoms with Gasteiger partial charge in [-0.05, 0) is 55.2 Å². The molecule has 1 atom stereocenters. The molecule has 1 saturated heterocycles. The van der Waals surface area contributed by atoms with Crippen LogP contribution in [0.2, 0.25) is 0 Å². The molecule has 1 aliphatic carbocycles. The van der Waals surface area contributed by atoms with Crippen LogP contribution in [0.5, 0.6) is 0 Å². The number of piperazine rings is 1. The van der Waals surface area contributed by atoms with Crippen molar-refractivity contribution in [3.63, 3.8) is 0 Å². The number of fused-ring (bicyclic) bond motifs is 1. The average Bonchev–Trinajstić information content (AvgIpc) is 3.63. The van der Waals surface area contributed by atoms with Crippen molar-refractivity contribution in [1.82, 2.24) is 9.80 Å². The number of amides is 2. The minimum Gasteiger partial charge on any atom is -0.368 e. The third kappa shape index (κ3) is 4.26. The molecule has 2 amide bonds. The minimum atomic E-state index is -4.57. The van der Waals surface area contributed by atoms with Gasteiger partial charge in [-0.2, -0.15) is 13.2 Å². The highest BCUT2D eigenvalue weighted by Gasteiger charge is 2.37. The second kappa shape index (κ2) is 8.64. The monoisotopic (exact) mass is 471 g/mol. The summed E-state index contributed by atoms with van der Waals surface area (Å²) in [6.07, 6.45) is -0.975. The van der Waals surface area contributed by atoms with Crippen LogP contribution < -0.4 is 4.90 Å². The smallest absolute Gasteiger partial charge is 0.368 e. The lowest BCUT2D eigenvalue weighted by Gasteiger charge is -2.36. The van der Waals surface area contributed by atoms with E-state index in [1.165, 1.54) is 35.9 Å². The maximum atomic E-state index is 13.3. The van der Waals surface area contributed by atoms with Crippen molar-refractivity contribution in [1.29, 1.82) is 0 Å². The first kappa shape index (κ1) is 22.7. The maximum Gasteiger partial charge on any atom is 0.417 e. The van der Waals surface area contributed by atoms with Gasteiger partial charge in [0.15, 0.2) is 0 Å². The van der Waals surface area contributed by atoms with Crippen molar-refractivity contribution < 1.29 is 22.8 Å². The summed E-state index contributed by atoms with van der Waals surface area (Å²) in [5.74, 6) is 0.266. The Morgan fingerprint density at radius 3 is 2.41 bits per heavy atom. The number of halogens is 3. The lowest BCUT2D eigenvalue weighted by molar-refractivity contribution is -0.138. The molecule has 5 rings (SSSR count). The molecule has 1 saturated carbocycles. The van der Waals surface area contributed by atoms with Crippen LogP contribution >= 0.6 is 0 Å². The van der Waals surface area contributed by atoms with Crippen LogP contribution in [0.4, 0.5) is 18.9 Å². The second-order valence-electron chi connectivity index (χ2n) is 9.50. The Balaban J connectivity index is 1.26. The number of rotatable bonds is 5. The molecule has 2 aliphatic heterocycles. The number of hydrogen-bond acceptors (Lipinski definition) is 3. The number of hydrogen-bond donors (Lipinski definition) is 0. The number of alkyl halides is 3. The fourth-order valence-corrected chi connectivity index (χ4v) is 5.06. The van der Waals surface area contributed by atoms with Gasteiger partial charge in [0.2, 0.25) is 0 Å². The van der Waals surface area contributed by atoms with Crippen molar-refractivity contribution in [2.24, 2.45) is 5.92 Å². The highest BCUT2D eigenvalue weighted by molar-refractivity contribution is 5.99. The number of carbonyl (C=O) groups is 2. The molecule has 34 heavy (non-hydrogen) atoms. The highest BCUT2D eigenvalue weighted by atomic mass is 19.4. The Bertz CT molecular complexity index is 1100. The van der Waals surface area contributed by atoms with E-state index in [-0.39, 0.29) is 17.5 Å². The molecular weight excluding hydrogens is 443 g/mol. The summed E-state index contributed by atoms with van der Waals surface area (Å²) >= 11 is 0. The van der Waals surface area contributed by atoms with Crippen molar-refractivity contribution in [3.8, 4) is 0 Å². The summed E-state index contributed by atoms with van der Waals surface area (Å²) in [4.78, 5) is 31.3. The molecule has 2 aromatic rings. The van der Waals surface area contributed by atoms with Crippen LogP contribution in [0.25, 0.3) is 0 Å². The predicted octanol–water partition coefficient (Wildman–Crippen LogP) is 4.98. The lowest BCUT2D eigenvalue weighted by Crippen LogP contribution is -2.49. The Labute approximate surface area is 197 Å². The summed E-state index contributed by atoms with van der Waals surface area (Å²) in [6.45, 7) is 4.57. The van der Waals surface area contributed by atoms with Gasteiger partial charge >= 0.3 is 6.18 Å². The van der Waals surface area contributed by atoms with Crippen molar-refractivity contribution >= 4 is 17.5 Å². The van der Waals surface area contributed by atoms with Gasteiger partial charge in [0, 0.05) is 44.0 Å². The molecule has 2 fully saturated rings. The Morgan fingerprint density at radius 1 is 1.03 bits per heavy atom. The molecule has 0 bridgehead atoms. The average molecular weight is 472 g/mol. The van der Waals surface area contributed by atoms with Crippen molar-refractivity contribution in [2.45, 2.75) is 38.4 Å². The summed E-state index contributed by atoms with van der Waals surface area (Å²) in [5.41, 5.74) is 1.55. The summed E-state index contributed by atoms with van der Waals surface area (Å²) in [5, 5.41) is 0. The van der Waals surface area contributed by atoms with Gasteiger partial charge in [-0.25, -0.2) is 0 Å². The fourth-order valence-electron chi connectivity index (χ4n) is 5.06. The molecule has 0 radical (unpaired) electrons. The minimum absolute atomic E-state index is 0.0305. The van der Waals surface area contributed by atoms with E-state index in [0.717, 1.165) is 41.8 Å². The molecule has 2 heterocycles. The summed E-state index contributed by atoms with van der Waals surface area (Å²) in [7, 11) is 0. The molecular formula is C26H28F3N3O2. The van der Waals surface area contributed by atoms with E-state index >= 15 is 0 Å². The first-order chi connectivity index (χ1) is 16.2. The molecule has 2 aromatic carbocycles. The van der Waals surface area contributed by atoms with Gasteiger partial charge in [0.1, 0.15) is 0 Å². The van der Waals surface area contributed by atoms with E-state index in [0.29, 0.717) is 26.2 Å². The standard InChI is InChI=1S/C26H28F3N3O2/c1-17-22-16-19(8-9-20(22)25(34)32(17)11-10-18-6-7-18)30-12-14-31(15-13-30)24(33)21-4-2-3-5-23(21)26(27,28)29/h2-5,8-9,16-18H,6-7,10-15H2,1H3. The van der Waals surface area contributed by atoms with Crippen LogP contribution in [0.1, 0.15) is 64.1 Å². The van der Waals surface area contributed by atoms with E-state index in [9.17, 15) is 22.8 Å². The molecule has 0 aromatic heterocycles. The number of carbonyl (C=O) groups excluding carboxylic acids is 2. The summed E-state index contributed by atoms with van der Waals surface area (Å²) in [6, 6.07) is 10.9. The predicted molar refractivity (Wildman–Crippen MR) is 123 cm³/mol. The number of anilines is 1. The third-order valence-electron chi connectivity index (χ3n) is 7.31. The zero-order valence-corrected chi connectivity index (χ0v) is 19.1. The summed E-state index contributed by atoms with van der Waals surface area (Å²) < 4.78 is 40.0. The second-order valence-corrected chi connectivity index (χ2v) is 9.50. The van der Waals surface area contributed by atoms with Crippen LogP contribution in [0, 0.1) is 5.92 Å². The third-order valence-corrected chi connectivity index (χ3v) is 7.31. The Kier molecular flexibility index (Phi) is 5.78. The van der Waals surface area contributed by atoms with Gasteiger partial charge in [-0.3, -0.25) is 9.59 Å². The largest absolute Gasteiger partial charge is 0.417 e. The molecule has 0 N–H and O–H groups in total. The van der Waals surface area contributed by atoms with Gasteiger partial charge in [-0.1, -0.05) is 25.0 Å². The number of nitrogens with zero attached hydrogens (tertiary/aromatic N) is 3. The highest BCUT2D eigenvalue weighted by Crippen LogP contribution is 2.39. The fraction of sp³-hybridized carbons (Fsp3) is 0.462. The van der Waals surface area contributed by atoms with Gasteiger partial charge in [0.05, 0.1) is 17.2 Å². The van der Waals surface area contributed by atoms with Crippen molar-refractivity contribution in [2.75, 3.05) is 37.6 Å². The molecule has 180 valence electrons. The molecule has 5 nitrogen and oxygen atoms in total. The van der Waals surface area contributed by atoms with Crippen LogP contribution in [0.3, 0.4) is 0 Å². The van der Waals surface area contributed by atoms with E-state index in [1.54, 1.807) is 0 Å². The van der Waals surface area contributed by atoms with E-state index < -0.39 is 17.6 Å². The first-order valence-corrected chi connectivity index (χ1v) is 11.9. The Hall–Kier alpha value is -3.03. The molecule has 1 unspecified atom stereocenters. The normalized spacial score (nSPS) is 20.6. The van der Waals surface area contributed by atoms with Gasteiger partial charge < -0.3 is 14.7 Å². The molecule has 3 aliphatic rings. The van der Waals surface area contributed by atoms with E-state index in [2.05, 4.69) is 17.9 Å². The lowest BCUT2D eigenvalue weighted by atomic mass is 10.0. The van der Waals surface area contributed by atoms with Gasteiger partial charge in [0.25, 0.3) is 11.8 Å².